The molecule has 2 aromatic heterocycles. The third kappa shape index (κ3) is 4.48. The zero-order valence-corrected chi connectivity index (χ0v) is 13.1. The van der Waals surface area contributed by atoms with E-state index >= 15 is 0 Å². The Bertz CT molecular complexity index is 533. The van der Waals surface area contributed by atoms with Gasteiger partial charge in [-0.1, -0.05) is 13.8 Å². The maximum absolute atomic E-state index is 5.31. The van der Waals surface area contributed by atoms with Crippen molar-refractivity contribution < 1.29 is 4.42 Å². The van der Waals surface area contributed by atoms with Crippen molar-refractivity contribution >= 4 is 11.8 Å². The van der Waals surface area contributed by atoms with Crippen LogP contribution in [0.5, 0.6) is 0 Å². The molecule has 0 amide bonds. The fourth-order valence-electron chi connectivity index (χ4n) is 2.25. The number of hydrogen-bond acceptors (Lipinski definition) is 5. The van der Waals surface area contributed by atoms with Crippen molar-refractivity contribution in [3.63, 3.8) is 0 Å². The number of aromatic nitrogens is 2. The Morgan fingerprint density at radius 2 is 1.95 bits per heavy atom. The molecule has 21 heavy (non-hydrogen) atoms. The molecule has 0 aromatic carbocycles. The van der Waals surface area contributed by atoms with Crippen LogP contribution in [-0.2, 0) is 6.54 Å². The summed E-state index contributed by atoms with van der Waals surface area (Å²) in [5.74, 6) is 2.52. The molecule has 5 nitrogen and oxygen atoms in total. The molecule has 0 fully saturated rings. The third-order valence-electron chi connectivity index (χ3n) is 3.15. The molecule has 0 unspecified atom stereocenters. The van der Waals surface area contributed by atoms with E-state index in [4.69, 9.17) is 4.42 Å². The second kappa shape index (κ2) is 7.67. The van der Waals surface area contributed by atoms with Gasteiger partial charge >= 0.3 is 0 Å². The van der Waals surface area contributed by atoms with Crippen molar-refractivity contribution in [2.45, 2.75) is 40.2 Å². The first-order valence-corrected chi connectivity index (χ1v) is 7.59. The first-order chi connectivity index (χ1) is 10.2. The van der Waals surface area contributed by atoms with Crippen LogP contribution in [0.2, 0.25) is 0 Å². The van der Waals surface area contributed by atoms with Gasteiger partial charge in [0.25, 0.3) is 0 Å². The summed E-state index contributed by atoms with van der Waals surface area (Å²) in [5, 5.41) is 3.22. The van der Waals surface area contributed by atoms with Crippen molar-refractivity contribution in [3.05, 3.63) is 35.9 Å². The van der Waals surface area contributed by atoms with Gasteiger partial charge in [0.15, 0.2) is 0 Å². The van der Waals surface area contributed by atoms with Crippen molar-refractivity contribution in [2.75, 3.05) is 23.3 Å². The summed E-state index contributed by atoms with van der Waals surface area (Å²) in [4.78, 5) is 11.4. The number of aryl methyl sites for hydroxylation is 1. The molecule has 5 heteroatoms. The minimum atomic E-state index is 0.595. The van der Waals surface area contributed by atoms with Crippen molar-refractivity contribution in [1.29, 1.82) is 0 Å². The topological polar surface area (TPSA) is 54.2 Å². The van der Waals surface area contributed by atoms with Crippen LogP contribution in [0.1, 0.15) is 38.1 Å². The monoisotopic (exact) mass is 288 g/mol. The van der Waals surface area contributed by atoms with E-state index in [-0.39, 0.29) is 0 Å². The van der Waals surface area contributed by atoms with E-state index in [2.05, 4.69) is 34.0 Å². The van der Waals surface area contributed by atoms with Crippen LogP contribution in [-0.4, -0.2) is 23.1 Å². The molecule has 0 aliphatic carbocycles. The van der Waals surface area contributed by atoms with Gasteiger partial charge in [-0.25, -0.2) is 4.98 Å². The van der Waals surface area contributed by atoms with Crippen LogP contribution in [0.4, 0.5) is 11.8 Å². The summed E-state index contributed by atoms with van der Waals surface area (Å²) in [6, 6.07) is 5.86. The van der Waals surface area contributed by atoms with Crippen LogP contribution >= 0.6 is 0 Å². The van der Waals surface area contributed by atoms with E-state index in [1.165, 1.54) is 0 Å². The second-order valence-corrected chi connectivity index (χ2v) is 5.11. The lowest BCUT2D eigenvalue weighted by Gasteiger charge is -2.23. The highest BCUT2D eigenvalue weighted by Gasteiger charge is 2.09. The van der Waals surface area contributed by atoms with Crippen LogP contribution in [0.25, 0.3) is 0 Å². The molecule has 0 aliphatic heterocycles. The summed E-state index contributed by atoms with van der Waals surface area (Å²) in [6.45, 7) is 9.00. The van der Waals surface area contributed by atoms with Gasteiger partial charge in [-0.2, -0.15) is 4.98 Å². The summed E-state index contributed by atoms with van der Waals surface area (Å²) in [7, 11) is 0. The molecule has 0 aliphatic rings. The fraction of sp³-hybridized carbons (Fsp3) is 0.500. The molecule has 0 atom stereocenters. The number of nitrogens with zero attached hydrogens (tertiary/aromatic N) is 3. The predicted molar refractivity (Wildman–Crippen MR) is 85.6 cm³/mol. The van der Waals surface area contributed by atoms with Gasteiger partial charge in [0.1, 0.15) is 11.6 Å². The van der Waals surface area contributed by atoms with Gasteiger partial charge < -0.3 is 14.6 Å². The standard InChI is InChI=1S/C16H24N4O/c1-4-8-20(9-5-2)15-11-13(3)18-16(19-15)17-12-14-7-6-10-21-14/h6-7,10-11H,4-5,8-9,12H2,1-3H3,(H,17,18,19). The molecule has 2 heterocycles. The third-order valence-corrected chi connectivity index (χ3v) is 3.15. The number of rotatable bonds is 8. The average molecular weight is 288 g/mol. The van der Waals surface area contributed by atoms with E-state index in [0.717, 1.165) is 43.2 Å². The van der Waals surface area contributed by atoms with E-state index in [0.29, 0.717) is 12.5 Å². The van der Waals surface area contributed by atoms with Crippen molar-refractivity contribution in [1.82, 2.24) is 9.97 Å². The summed E-state index contributed by atoms with van der Waals surface area (Å²) >= 11 is 0. The van der Waals surface area contributed by atoms with Crippen LogP contribution in [0.3, 0.4) is 0 Å². The zero-order valence-electron chi connectivity index (χ0n) is 13.1. The Morgan fingerprint density at radius 3 is 2.57 bits per heavy atom. The number of nitrogens with one attached hydrogen (secondary N) is 1. The average Bonchev–Trinajstić information content (AvgIpc) is 2.98. The quantitative estimate of drug-likeness (QED) is 0.804. The highest BCUT2D eigenvalue weighted by molar-refractivity contribution is 5.44. The van der Waals surface area contributed by atoms with Crippen LogP contribution < -0.4 is 10.2 Å². The van der Waals surface area contributed by atoms with E-state index in [9.17, 15) is 0 Å². The molecule has 2 rings (SSSR count). The number of furan rings is 1. The molecule has 1 N–H and O–H groups in total. The highest BCUT2D eigenvalue weighted by Crippen LogP contribution is 2.16. The van der Waals surface area contributed by atoms with E-state index in [1.54, 1.807) is 6.26 Å². The first kappa shape index (κ1) is 15.4. The van der Waals surface area contributed by atoms with Gasteiger partial charge in [0, 0.05) is 24.8 Å². The smallest absolute Gasteiger partial charge is 0.225 e. The molecule has 0 saturated heterocycles. The second-order valence-electron chi connectivity index (χ2n) is 5.11. The van der Waals surface area contributed by atoms with Crippen molar-refractivity contribution in [2.24, 2.45) is 0 Å². The van der Waals surface area contributed by atoms with E-state index in [1.807, 2.05) is 25.1 Å². The van der Waals surface area contributed by atoms with Gasteiger partial charge in [-0.05, 0) is 31.9 Å². The Hall–Kier alpha value is -2.04. The van der Waals surface area contributed by atoms with Gasteiger partial charge in [0.2, 0.25) is 5.95 Å². The van der Waals surface area contributed by atoms with Gasteiger partial charge in [-0.15, -0.1) is 0 Å². The van der Waals surface area contributed by atoms with Crippen LogP contribution in [0, 0.1) is 6.92 Å². The maximum atomic E-state index is 5.31. The van der Waals surface area contributed by atoms with Gasteiger partial charge in [0.05, 0.1) is 12.8 Å². The number of anilines is 2. The lowest BCUT2D eigenvalue weighted by Crippen LogP contribution is -2.26. The predicted octanol–water partition coefficient (Wildman–Crippen LogP) is 3.62. The molecule has 0 spiro atoms. The van der Waals surface area contributed by atoms with Crippen LogP contribution in [0.15, 0.2) is 28.9 Å². The molecular formula is C16H24N4O. The zero-order chi connectivity index (χ0) is 15.1. The molecular weight excluding hydrogens is 264 g/mol. The molecule has 114 valence electrons. The fourth-order valence-corrected chi connectivity index (χ4v) is 2.25. The minimum absolute atomic E-state index is 0.595. The molecule has 0 radical (unpaired) electrons. The maximum Gasteiger partial charge on any atom is 0.225 e. The summed E-state index contributed by atoms with van der Waals surface area (Å²) < 4.78 is 5.31. The highest BCUT2D eigenvalue weighted by atomic mass is 16.3. The lowest BCUT2D eigenvalue weighted by atomic mass is 10.3. The van der Waals surface area contributed by atoms with Gasteiger partial charge in [-0.3, -0.25) is 0 Å². The Labute approximate surface area is 126 Å². The lowest BCUT2D eigenvalue weighted by molar-refractivity contribution is 0.517. The first-order valence-electron chi connectivity index (χ1n) is 7.59. The largest absolute Gasteiger partial charge is 0.467 e. The summed E-state index contributed by atoms with van der Waals surface area (Å²) in [6.07, 6.45) is 3.89. The minimum Gasteiger partial charge on any atom is -0.467 e. The molecule has 2 aromatic rings. The van der Waals surface area contributed by atoms with Crippen molar-refractivity contribution in [3.8, 4) is 0 Å². The molecule has 0 saturated carbocycles. The summed E-state index contributed by atoms with van der Waals surface area (Å²) in [5.41, 5.74) is 0.971. The number of hydrogen-bond donors (Lipinski definition) is 1. The normalized spacial score (nSPS) is 10.6. The Balaban J connectivity index is 2.11. The Morgan fingerprint density at radius 1 is 1.19 bits per heavy atom. The van der Waals surface area contributed by atoms with E-state index < -0.39 is 0 Å². The molecule has 0 bridgehead atoms. The Kier molecular flexibility index (Phi) is 5.60. The SMILES string of the molecule is CCCN(CCC)c1cc(C)nc(NCc2ccco2)n1.